The van der Waals surface area contributed by atoms with Crippen LogP contribution in [0.15, 0.2) is 24.3 Å². The summed E-state index contributed by atoms with van der Waals surface area (Å²) in [5.41, 5.74) is 1.39. The monoisotopic (exact) mass is 392 g/mol. The van der Waals surface area contributed by atoms with Gasteiger partial charge < -0.3 is 5.32 Å². The van der Waals surface area contributed by atoms with E-state index in [1.54, 1.807) is 11.3 Å². The molecule has 3 saturated heterocycles. The van der Waals surface area contributed by atoms with Gasteiger partial charge in [0.2, 0.25) is 0 Å². The van der Waals surface area contributed by atoms with Gasteiger partial charge in [-0.05, 0) is 68.6 Å². The quantitative estimate of drug-likeness (QED) is 0.792. The molecule has 0 spiro atoms. The normalized spacial score (nSPS) is 26.7. The number of amides is 1. The molecule has 1 aromatic carbocycles. The fourth-order valence-electron chi connectivity index (χ4n) is 4.74. The highest BCUT2D eigenvalue weighted by Crippen LogP contribution is 2.39. The summed E-state index contributed by atoms with van der Waals surface area (Å²) < 4.78 is 1.26. The minimum atomic E-state index is 0. The lowest BCUT2D eigenvalue weighted by molar-refractivity contribution is -0.0377. The lowest BCUT2D eigenvalue weighted by atomic mass is 9.72. The number of piperidine rings is 3. The highest BCUT2D eigenvalue weighted by molar-refractivity contribution is 7.21. The lowest BCUT2D eigenvalue weighted by Crippen LogP contribution is -2.69. The van der Waals surface area contributed by atoms with Gasteiger partial charge in [0.05, 0.1) is 4.88 Å². The molecule has 1 atom stereocenters. The average Bonchev–Trinajstić information content (AvgIpc) is 3.02. The number of benzene rings is 1. The molecule has 2 aromatic rings. The second kappa shape index (κ2) is 7.14. The first-order valence-electron chi connectivity index (χ1n) is 9.46. The summed E-state index contributed by atoms with van der Waals surface area (Å²) in [5.74, 6) is 1.19. The molecule has 142 valence electrons. The summed E-state index contributed by atoms with van der Waals surface area (Å²) in [6.07, 6.45) is 2.41. The van der Waals surface area contributed by atoms with E-state index in [1.807, 2.05) is 0 Å². The van der Waals surface area contributed by atoms with Gasteiger partial charge in [0.25, 0.3) is 5.91 Å². The van der Waals surface area contributed by atoms with Gasteiger partial charge in [-0.2, -0.15) is 0 Å². The maximum absolute atomic E-state index is 13.0. The van der Waals surface area contributed by atoms with Crippen molar-refractivity contribution in [2.75, 3.05) is 13.1 Å². The van der Waals surface area contributed by atoms with Gasteiger partial charge in [-0.1, -0.05) is 32.0 Å². The van der Waals surface area contributed by atoms with Crippen LogP contribution in [0, 0.1) is 5.92 Å². The molecule has 3 fully saturated rings. The van der Waals surface area contributed by atoms with Crippen LogP contribution >= 0.6 is 23.7 Å². The van der Waals surface area contributed by atoms with E-state index >= 15 is 0 Å². The van der Waals surface area contributed by atoms with Crippen LogP contribution in [-0.4, -0.2) is 35.5 Å². The van der Waals surface area contributed by atoms with Gasteiger partial charge in [-0.3, -0.25) is 9.69 Å². The Labute approximate surface area is 166 Å². The summed E-state index contributed by atoms with van der Waals surface area (Å²) in [4.78, 5) is 16.4. The van der Waals surface area contributed by atoms with E-state index < -0.39 is 0 Å². The molecule has 3 aliphatic rings. The zero-order chi connectivity index (χ0) is 17.8. The van der Waals surface area contributed by atoms with Gasteiger partial charge in [-0.25, -0.2) is 0 Å². The van der Waals surface area contributed by atoms with Crippen LogP contribution < -0.4 is 5.32 Å². The Morgan fingerprint density at radius 3 is 2.58 bits per heavy atom. The number of carbonyl (C=O) groups excluding carboxylic acids is 1. The predicted molar refractivity (Wildman–Crippen MR) is 113 cm³/mol. The van der Waals surface area contributed by atoms with E-state index in [2.05, 4.69) is 62.2 Å². The van der Waals surface area contributed by atoms with Crippen molar-refractivity contribution in [1.82, 2.24) is 10.2 Å². The SMILES string of the molecule is CC(C)c1cccc2cc(C(=O)NC3C4CCN(CC4)C3(C)C)sc12.Cl. The first kappa shape index (κ1) is 19.7. The van der Waals surface area contributed by atoms with E-state index in [4.69, 9.17) is 0 Å². The van der Waals surface area contributed by atoms with Gasteiger partial charge in [-0.15, -0.1) is 23.7 Å². The summed E-state index contributed by atoms with van der Waals surface area (Å²) >= 11 is 1.64. The maximum Gasteiger partial charge on any atom is 0.261 e. The topological polar surface area (TPSA) is 32.3 Å². The zero-order valence-corrected chi connectivity index (χ0v) is 17.7. The van der Waals surface area contributed by atoms with Crippen molar-refractivity contribution in [3.05, 3.63) is 34.7 Å². The van der Waals surface area contributed by atoms with Crippen LogP contribution in [0.4, 0.5) is 0 Å². The minimum Gasteiger partial charge on any atom is -0.346 e. The van der Waals surface area contributed by atoms with Crippen LogP contribution in [0.2, 0.25) is 0 Å². The Morgan fingerprint density at radius 1 is 1.27 bits per heavy atom. The molecule has 1 amide bonds. The second-order valence-electron chi connectivity index (χ2n) is 8.46. The average molecular weight is 393 g/mol. The third-order valence-corrected chi connectivity index (χ3v) is 7.49. The molecule has 26 heavy (non-hydrogen) atoms. The third-order valence-electron chi connectivity index (χ3n) is 6.29. The molecule has 1 N–H and O–H groups in total. The summed E-state index contributed by atoms with van der Waals surface area (Å²) in [6, 6.07) is 8.71. The van der Waals surface area contributed by atoms with Gasteiger partial charge in [0.15, 0.2) is 0 Å². The van der Waals surface area contributed by atoms with Crippen LogP contribution in [0.1, 0.15) is 61.7 Å². The molecule has 4 heterocycles. The molecule has 3 aliphatic heterocycles. The fraction of sp³-hybridized carbons (Fsp3) is 0.571. The molecule has 1 aromatic heterocycles. The Hall–Kier alpha value is -1.10. The third kappa shape index (κ3) is 3.17. The number of hydrogen-bond donors (Lipinski definition) is 1. The van der Waals surface area contributed by atoms with Crippen molar-refractivity contribution in [2.45, 2.75) is 58.0 Å². The van der Waals surface area contributed by atoms with Crippen LogP contribution in [0.25, 0.3) is 10.1 Å². The zero-order valence-electron chi connectivity index (χ0n) is 16.0. The van der Waals surface area contributed by atoms with E-state index in [0.29, 0.717) is 11.8 Å². The number of halogens is 1. The number of hydrogen-bond acceptors (Lipinski definition) is 3. The van der Waals surface area contributed by atoms with Crippen molar-refractivity contribution in [1.29, 1.82) is 0 Å². The minimum absolute atomic E-state index is 0. The Kier molecular flexibility index (Phi) is 5.40. The lowest BCUT2D eigenvalue weighted by Gasteiger charge is -2.56. The van der Waals surface area contributed by atoms with Gasteiger partial charge in [0.1, 0.15) is 0 Å². The maximum atomic E-state index is 13.0. The first-order chi connectivity index (χ1) is 11.9. The summed E-state index contributed by atoms with van der Waals surface area (Å²) in [7, 11) is 0. The largest absolute Gasteiger partial charge is 0.346 e. The van der Waals surface area contributed by atoms with E-state index in [1.165, 1.54) is 41.6 Å². The molecular weight excluding hydrogens is 364 g/mol. The number of nitrogens with zero attached hydrogens (tertiary/aromatic N) is 1. The van der Waals surface area contributed by atoms with Crippen molar-refractivity contribution < 1.29 is 4.79 Å². The molecule has 0 radical (unpaired) electrons. The Balaban J connectivity index is 0.00000196. The standard InChI is InChI=1S/C21H28N2OS.ClH/c1-13(2)16-7-5-6-15-12-17(25-18(15)16)20(24)22-19-14-8-10-23(11-9-14)21(19,3)4;/h5-7,12-14,19H,8-11H2,1-4H3,(H,22,24);1H. The number of nitrogens with one attached hydrogen (secondary N) is 1. The second-order valence-corrected chi connectivity index (χ2v) is 9.51. The number of thiophene rings is 1. The predicted octanol–water partition coefficient (Wildman–Crippen LogP) is 5.05. The number of carbonyl (C=O) groups is 1. The van der Waals surface area contributed by atoms with E-state index in [0.717, 1.165) is 4.88 Å². The molecule has 2 bridgehead atoms. The van der Waals surface area contributed by atoms with E-state index in [-0.39, 0.29) is 29.9 Å². The van der Waals surface area contributed by atoms with Crippen molar-refractivity contribution in [2.24, 2.45) is 5.92 Å². The van der Waals surface area contributed by atoms with Crippen molar-refractivity contribution in [3.63, 3.8) is 0 Å². The van der Waals surface area contributed by atoms with Crippen LogP contribution in [0.5, 0.6) is 0 Å². The number of rotatable bonds is 3. The van der Waals surface area contributed by atoms with Crippen LogP contribution in [-0.2, 0) is 0 Å². The highest BCUT2D eigenvalue weighted by Gasteiger charge is 2.48. The smallest absolute Gasteiger partial charge is 0.261 e. The molecule has 5 rings (SSSR count). The van der Waals surface area contributed by atoms with Gasteiger partial charge >= 0.3 is 0 Å². The van der Waals surface area contributed by atoms with Gasteiger partial charge in [0, 0.05) is 16.3 Å². The van der Waals surface area contributed by atoms with Crippen molar-refractivity contribution >= 4 is 39.7 Å². The Morgan fingerprint density at radius 2 is 1.96 bits per heavy atom. The summed E-state index contributed by atoms with van der Waals surface area (Å²) in [6.45, 7) is 11.3. The molecule has 1 unspecified atom stereocenters. The fourth-order valence-corrected chi connectivity index (χ4v) is 5.97. The molecule has 0 aliphatic carbocycles. The molecular formula is C21H29ClN2OS. The highest BCUT2D eigenvalue weighted by atomic mass is 35.5. The first-order valence-corrected chi connectivity index (χ1v) is 10.3. The summed E-state index contributed by atoms with van der Waals surface area (Å²) in [5, 5.41) is 4.59. The van der Waals surface area contributed by atoms with Crippen molar-refractivity contribution in [3.8, 4) is 0 Å². The molecule has 5 heteroatoms. The van der Waals surface area contributed by atoms with E-state index in [9.17, 15) is 4.79 Å². The molecule has 3 nitrogen and oxygen atoms in total. The molecule has 0 saturated carbocycles. The van der Waals surface area contributed by atoms with Crippen LogP contribution in [0.3, 0.4) is 0 Å². The number of fused-ring (bicyclic) bond motifs is 4. The Bertz CT molecular complexity index is 805.